The van der Waals surface area contributed by atoms with Crippen molar-refractivity contribution in [1.82, 2.24) is 5.01 Å². The summed E-state index contributed by atoms with van der Waals surface area (Å²) in [6.45, 7) is 3.22. The zero-order valence-electron chi connectivity index (χ0n) is 7.73. The summed E-state index contributed by atoms with van der Waals surface area (Å²) in [5, 5.41) is 4.20. The molecule has 1 heterocycles. The standard InChI is InChI=1S/C8H14N2O3/c1-2-13-8(11)7-4-3-5-10(6-7)9-12/h7H,2-6H2,1H3/t7-/m0/s1. The average Bonchev–Trinajstić information content (AvgIpc) is 2.18. The van der Waals surface area contributed by atoms with Gasteiger partial charge < -0.3 is 4.74 Å². The third kappa shape index (κ3) is 2.68. The number of nitrogens with zero attached hydrogens (tertiary/aromatic N) is 2. The first-order chi connectivity index (χ1) is 6.27. The van der Waals surface area contributed by atoms with Gasteiger partial charge in [0.05, 0.1) is 24.4 Å². The minimum atomic E-state index is -0.212. The topological polar surface area (TPSA) is 59.0 Å². The minimum Gasteiger partial charge on any atom is -0.466 e. The van der Waals surface area contributed by atoms with E-state index in [4.69, 9.17) is 4.74 Å². The smallest absolute Gasteiger partial charge is 0.310 e. The van der Waals surface area contributed by atoms with Crippen molar-refractivity contribution in [3.8, 4) is 0 Å². The van der Waals surface area contributed by atoms with Gasteiger partial charge in [0.2, 0.25) is 0 Å². The van der Waals surface area contributed by atoms with Crippen molar-refractivity contribution < 1.29 is 9.53 Å². The molecule has 1 atom stereocenters. The lowest BCUT2D eigenvalue weighted by molar-refractivity contribution is -0.149. The highest BCUT2D eigenvalue weighted by atomic mass is 16.5. The molecule has 0 aromatic carbocycles. The number of hydrogen-bond acceptors (Lipinski definition) is 4. The van der Waals surface area contributed by atoms with Gasteiger partial charge in [0, 0.05) is 6.54 Å². The summed E-state index contributed by atoms with van der Waals surface area (Å²) in [5.74, 6) is -0.387. The summed E-state index contributed by atoms with van der Waals surface area (Å²) in [6.07, 6.45) is 1.63. The predicted molar refractivity (Wildman–Crippen MR) is 46.7 cm³/mol. The quantitative estimate of drug-likeness (QED) is 0.486. The van der Waals surface area contributed by atoms with Crippen LogP contribution in [0.5, 0.6) is 0 Å². The first-order valence-electron chi connectivity index (χ1n) is 4.52. The molecule has 0 amide bonds. The number of nitroso groups, excluding NO2 is 1. The van der Waals surface area contributed by atoms with Gasteiger partial charge in [-0.3, -0.25) is 9.80 Å². The van der Waals surface area contributed by atoms with Gasteiger partial charge in [0.25, 0.3) is 0 Å². The molecule has 0 aromatic rings. The number of carbonyl (C=O) groups is 1. The molecule has 13 heavy (non-hydrogen) atoms. The monoisotopic (exact) mass is 186 g/mol. The van der Waals surface area contributed by atoms with E-state index in [-0.39, 0.29) is 11.9 Å². The Hall–Kier alpha value is -1.13. The second-order valence-electron chi connectivity index (χ2n) is 3.09. The summed E-state index contributed by atoms with van der Waals surface area (Å²) in [7, 11) is 0. The van der Waals surface area contributed by atoms with Crippen molar-refractivity contribution >= 4 is 5.97 Å². The Bertz CT molecular complexity index is 196. The molecule has 1 fully saturated rings. The van der Waals surface area contributed by atoms with Crippen LogP contribution < -0.4 is 0 Å². The zero-order valence-corrected chi connectivity index (χ0v) is 7.73. The van der Waals surface area contributed by atoms with Crippen LogP contribution in [-0.2, 0) is 9.53 Å². The molecule has 0 spiro atoms. The molecule has 0 unspecified atom stereocenters. The molecule has 5 heteroatoms. The van der Waals surface area contributed by atoms with E-state index in [1.807, 2.05) is 0 Å². The van der Waals surface area contributed by atoms with E-state index in [0.29, 0.717) is 19.7 Å². The van der Waals surface area contributed by atoms with Crippen LogP contribution in [0.25, 0.3) is 0 Å². The molecule has 1 rings (SSSR count). The summed E-state index contributed by atoms with van der Waals surface area (Å²) in [4.78, 5) is 21.5. The summed E-state index contributed by atoms with van der Waals surface area (Å²) in [5.41, 5.74) is 0. The number of esters is 1. The first-order valence-corrected chi connectivity index (χ1v) is 4.52. The molecular weight excluding hydrogens is 172 g/mol. The molecule has 0 aliphatic carbocycles. The molecule has 0 radical (unpaired) electrons. The van der Waals surface area contributed by atoms with Crippen molar-refractivity contribution in [2.24, 2.45) is 11.2 Å². The molecule has 1 saturated heterocycles. The number of carbonyl (C=O) groups excluding carboxylic acids is 1. The average molecular weight is 186 g/mol. The Morgan fingerprint density at radius 1 is 1.69 bits per heavy atom. The predicted octanol–water partition coefficient (Wildman–Crippen LogP) is 0.943. The number of piperidine rings is 1. The fourth-order valence-corrected chi connectivity index (χ4v) is 1.48. The molecule has 74 valence electrons. The number of rotatable bonds is 3. The van der Waals surface area contributed by atoms with E-state index in [2.05, 4.69) is 5.29 Å². The van der Waals surface area contributed by atoms with Crippen molar-refractivity contribution in [3.05, 3.63) is 4.91 Å². The highest BCUT2D eigenvalue weighted by Gasteiger charge is 2.26. The van der Waals surface area contributed by atoms with Crippen LogP contribution in [0.2, 0.25) is 0 Å². The molecule has 0 saturated carbocycles. The Labute approximate surface area is 77.0 Å². The van der Waals surface area contributed by atoms with Gasteiger partial charge in [0.15, 0.2) is 0 Å². The van der Waals surface area contributed by atoms with Crippen molar-refractivity contribution in [2.75, 3.05) is 19.7 Å². The summed E-state index contributed by atoms with van der Waals surface area (Å²) < 4.78 is 4.86. The van der Waals surface area contributed by atoms with Gasteiger partial charge in [-0.15, -0.1) is 4.91 Å². The van der Waals surface area contributed by atoms with E-state index in [1.165, 1.54) is 5.01 Å². The van der Waals surface area contributed by atoms with Gasteiger partial charge in [-0.05, 0) is 19.8 Å². The minimum absolute atomic E-state index is 0.175. The number of ether oxygens (including phenoxy) is 1. The maximum absolute atomic E-state index is 11.3. The SMILES string of the molecule is CCOC(=O)[C@H]1CCCN(N=O)C1. The highest BCUT2D eigenvalue weighted by molar-refractivity contribution is 5.72. The zero-order chi connectivity index (χ0) is 9.68. The lowest BCUT2D eigenvalue weighted by Crippen LogP contribution is -2.36. The highest BCUT2D eigenvalue weighted by Crippen LogP contribution is 2.17. The van der Waals surface area contributed by atoms with Crippen LogP contribution in [0, 0.1) is 10.8 Å². The fraction of sp³-hybridized carbons (Fsp3) is 0.875. The van der Waals surface area contributed by atoms with Gasteiger partial charge in [-0.25, -0.2) is 0 Å². The second-order valence-corrected chi connectivity index (χ2v) is 3.09. The van der Waals surface area contributed by atoms with Gasteiger partial charge in [-0.2, -0.15) is 0 Å². The Morgan fingerprint density at radius 2 is 2.46 bits per heavy atom. The van der Waals surface area contributed by atoms with Gasteiger partial charge >= 0.3 is 5.97 Å². The van der Waals surface area contributed by atoms with E-state index in [9.17, 15) is 9.70 Å². The molecule has 1 aliphatic heterocycles. The van der Waals surface area contributed by atoms with E-state index in [1.54, 1.807) is 6.92 Å². The largest absolute Gasteiger partial charge is 0.466 e. The van der Waals surface area contributed by atoms with E-state index < -0.39 is 0 Å². The summed E-state index contributed by atoms with van der Waals surface area (Å²) >= 11 is 0. The Morgan fingerprint density at radius 3 is 3.08 bits per heavy atom. The van der Waals surface area contributed by atoms with Gasteiger partial charge in [0.1, 0.15) is 0 Å². The maximum Gasteiger partial charge on any atom is 0.310 e. The van der Waals surface area contributed by atoms with Crippen LogP contribution >= 0.6 is 0 Å². The van der Waals surface area contributed by atoms with E-state index >= 15 is 0 Å². The van der Waals surface area contributed by atoms with Crippen LogP contribution in [0.15, 0.2) is 5.29 Å². The lowest BCUT2D eigenvalue weighted by Gasteiger charge is -2.26. The molecule has 0 aromatic heterocycles. The van der Waals surface area contributed by atoms with Crippen LogP contribution in [-0.4, -0.2) is 30.7 Å². The Kier molecular flexibility index (Phi) is 3.67. The van der Waals surface area contributed by atoms with Crippen LogP contribution in [0.3, 0.4) is 0 Å². The van der Waals surface area contributed by atoms with Crippen LogP contribution in [0.1, 0.15) is 19.8 Å². The van der Waals surface area contributed by atoms with Crippen molar-refractivity contribution in [3.63, 3.8) is 0 Å². The normalized spacial score (nSPS) is 22.5. The third-order valence-electron chi connectivity index (χ3n) is 2.14. The molecule has 5 nitrogen and oxygen atoms in total. The van der Waals surface area contributed by atoms with Crippen molar-refractivity contribution in [1.29, 1.82) is 0 Å². The van der Waals surface area contributed by atoms with Crippen LogP contribution in [0.4, 0.5) is 0 Å². The molecule has 1 aliphatic rings. The molecule has 0 N–H and O–H groups in total. The Balaban J connectivity index is 2.41. The van der Waals surface area contributed by atoms with Crippen molar-refractivity contribution in [2.45, 2.75) is 19.8 Å². The van der Waals surface area contributed by atoms with E-state index in [0.717, 1.165) is 12.8 Å². The summed E-state index contributed by atoms with van der Waals surface area (Å²) in [6, 6.07) is 0. The molecular formula is C8H14N2O3. The number of hydrogen-bond donors (Lipinski definition) is 0. The molecule has 0 bridgehead atoms. The third-order valence-corrected chi connectivity index (χ3v) is 2.14. The van der Waals surface area contributed by atoms with Gasteiger partial charge in [-0.1, -0.05) is 0 Å². The lowest BCUT2D eigenvalue weighted by atomic mass is 9.99. The fourth-order valence-electron chi connectivity index (χ4n) is 1.48. The first kappa shape index (κ1) is 9.95. The maximum atomic E-state index is 11.3. The second kappa shape index (κ2) is 4.79.